The Labute approximate surface area is 117 Å². The first-order chi connectivity index (χ1) is 8.49. The van der Waals surface area contributed by atoms with Crippen LogP contribution >= 0.6 is 15.9 Å². The Morgan fingerprint density at radius 1 is 1.33 bits per heavy atom. The zero-order valence-corrected chi connectivity index (χ0v) is 12.7. The molecule has 2 heterocycles. The Kier molecular flexibility index (Phi) is 4.41. The summed E-state index contributed by atoms with van der Waals surface area (Å²) in [7, 11) is 0. The van der Waals surface area contributed by atoms with Gasteiger partial charge in [-0.1, -0.05) is 6.92 Å². The lowest BCUT2D eigenvalue weighted by molar-refractivity contribution is 0.0490. The fraction of sp³-hybridized carbons (Fsp3) is 0.643. The van der Waals surface area contributed by atoms with E-state index in [9.17, 15) is 0 Å². The third kappa shape index (κ3) is 2.92. The van der Waals surface area contributed by atoms with Crippen molar-refractivity contribution in [2.75, 3.05) is 0 Å². The summed E-state index contributed by atoms with van der Waals surface area (Å²) in [5.74, 6) is 0.913. The average Bonchev–Trinajstić information content (AvgIpc) is 2.56. The van der Waals surface area contributed by atoms with Gasteiger partial charge in [-0.05, 0) is 47.8 Å². The first kappa shape index (κ1) is 14.0. The van der Waals surface area contributed by atoms with E-state index in [0.29, 0.717) is 17.9 Å². The molecule has 0 saturated carbocycles. The molecule has 0 aliphatic carbocycles. The van der Waals surface area contributed by atoms with Gasteiger partial charge in [0.05, 0.1) is 12.2 Å². The molecule has 1 aromatic rings. The second-order valence-electron chi connectivity index (χ2n) is 5.32. The molecule has 1 aliphatic heterocycles. The van der Waals surface area contributed by atoms with Gasteiger partial charge in [0.1, 0.15) is 0 Å². The van der Waals surface area contributed by atoms with Crippen LogP contribution in [0, 0.1) is 11.8 Å². The van der Waals surface area contributed by atoms with Crippen LogP contribution in [0.2, 0.25) is 0 Å². The molecule has 1 fully saturated rings. The van der Waals surface area contributed by atoms with Gasteiger partial charge in [0.25, 0.3) is 0 Å². The highest BCUT2D eigenvalue weighted by molar-refractivity contribution is 9.10. The number of nitrogens with zero attached hydrogens (tertiary/aromatic N) is 1. The normalized spacial score (nSPS) is 33.6. The minimum absolute atomic E-state index is 0.105. The molecule has 2 N–H and O–H groups in total. The Morgan fingerprint density at radius 2 is 2.06 bits per heavy atom. The lowest BCUT2D eigenvalue weighted by atomic mass is 9.82. The quantitative estimate of drug-likeness (QED) is 0.933. The van der Waals surface area contributed by atoms with Crippen LogP contribution in [-0.4, -0.2) is 23.2 Å². The molecule has 0 aromatic carbocycles. The third-order valence-electron chi connectivity index (χ3n) is 4.05. The van der Waals surface area contributed by atoms with E-state index < -0.39 is 0 Å². The largest absolute Gasteiger partial charge is 0.375 e. The summed E-state index contributed by atoms with van der Waals surface area (Å²) < 4.78 is 6.86. The molecule has 100 valence electrons. The predicted octanol–water partition coefficient (Wildman–Crippen LogP) is 2.77. The highest BCUT2D eigenvalue weighted by Crippen LogP contribution is 2.34. The van der Waals surface area contributed by atoms with Crippen molar-refractivity contribution in [2.45, 2.75) is 45.4 Å². The number of rotatable bonds is 3. The fourth-order valence-electron chi connectivity index (χ4n) is 2.94. The molecule has 1 aromatic heterocycles. The smallest absolute Gasteiger partial charge is 0.0597 e. The lowest BCUT2D eigenvalue weighted by Gasteiger charge is -2.25. The van der Waals surface area contributed by atoms with Crippen molar-refractivity contribution in [1.82, 2.24) is 4.98 Å². The van der Waals surface area contributed by atoms with E-state index in [4.69, 9.17) is 10.5 Å². The second kappa shape index (κ2) is 5.68. The predicted molar refractivity (Wildman–Crippen MR) is 76.3 cm³/mol. The summed E-state index contributed by atoms with van der Waals surface area (Å²) in [6.45, 7) is 6.49. The molecule has 5 atom stereocenters. The minimum Gasteiger partial charge on any atom is -0.375 e. The summed E-state index contributed by atoms with van der Waals surface area (Å²) >= 11 is 3.39. The highest BCUT2D eigenvalue weighted by Gasteiger charge is 2.40. The van der Waals surface area contributed by atoms with Crippen LogP contribution in [0.25, 0.3) is 0 Å². The van der Waals surface area contributed by atoms with Gasteiger partial charge >= 0.3 is 0 Å². The topological polar surface area (TPSA) is 48.1 Å². The molecule has 1 saturated heterocycles. The van der Waals surface area contributed by atoms with Crippen LogP contribution in [0.1, 0.15) is 26.5 Å². The van der Waals surface area contributed by atoms with Crippen LogP contribution in [0.3, 0.4) is 0 Å². The maximum absolute atomic E-state index is 6.36. The van der Waals surface area contributed by atoms with E-state index in [1.165, 1.54) is 0 Å². The van der Waals surface area contributed by atoms with E-state index >= 15 is 0 Å². The molecule has 2 rings (SSSR count). The summed E-state index contributed by atoms with van der Waals surface area (Å²) in [5, 5.41) is 0. The highest BCUT2D eigenvalue weighted by atomic mass is 79.9. The number of aromatic nitrogens is 1. The van der Waals surface area contributed by atoms with Gasteiger partial charge in [-0.25, -0.2) is 0 Å². The van der Waals surface area contributed by atoms with Gasteiger partial charge in [-0.2, -0.15) is 0 Å². The molecule has 1 aliphatic rings. The standard InChI is InChI=1S/C14H21BrN2O/c1-8-9(2)18-10(3)14(8)13(16)6-12-5-4-11(15)7-17-12/h4-5,7-10,13-14H,6,16H2,1-3H3. The summed E-state index contributed by atoms with van der Waals surface area (Å²) in [4.78, 5) is 4.39. The molecular formula is C14H21BrN2O. The molecule has 0 radical (unpaired) electrons. The van der Waals surface area contributed by atoms with E-state index in [1.807, 2.05) is 18.3 Å². The van der Waals surface area contributed by atoms with Gasteiger partial charge < -0.3 is 10.5 Å². The van der Waals surface area contributed by atoms with Crippen LogP contribution in [0.15, 0.2) is 22.8 Å². The third-order valence-corrected chi connectivity index (χ3v) is 4.52. The van der Waals surface area contributed by atoms with Crippen LogP contribution < -0.4 is 5.73 Å². The molecule has 3 nitrogen and oxygen atoms in total. The van der Waals surface area contributed by atoms with Crippen molar-refractivity contribution in [3.8, 4) is 0 Å². The number of hydrogen-bond acceptors (Lipinski definition) is 3. The van der Waals surface area contributed by atoms with Crippen molar-refractivity contribution in [3.05, 3.63) is 28.5 Å². The van der Waals surface area contributed by atoms with Gasteiger partial charge in [0.15, 0.2) is 0 Å². The zero-order valence-electron chi connectivity index (χ0n) is 11.1. The molecule has 4 heteroatoms. The van der Waals surface area contributed by atoms with E-state index in [2.05, 4.69) is 41.7 Å². The molecule has 5 unspecified atom stereocenters. The molecular weight excluding hydrogens is 292 g/mol. The lowest BCUT2D eigenvalue weighted by Crippen LogP contribution is -2.39. The van der Waals surface area contributed by atoms with Gasteiger partial charge in [-0.3, -0.25) is 4.98 Å². The number of ether oxygens (including phenoxy) is 1. The fourth-order valence-corrected chi connectivity index (χ4v) is 3.17. The summed E-state index contributed by atoms with van der Waals surface area (Å²) in [6, 6.07) is 4.14. The average molecular weight is 313 g/mol. The second-order valence-corrected chi connectivity index (χ2v) is 6.23. The first-order valence-corrected chi connectivity index (χ1v) is 7.30. The SMILES string of the molecule is CC1OC(C)C(C(N)Cc2ccc(Br)cn2)C1C. The first-order valence-electron chi connectivity index (χ1n) is 6.50. The Balaban J connectivity index is 2.03. The Morgan fingerprint density at radius 3 is 2.56 bits per heavy atom. The van der Waals surface area contributed by atoms with Crippen LogP contribution in [0.4, 0.5) is 0 Å². The number of nitrogens with two attached hydrogens (primary N) is 1. The summed E-state index contributed by atoms with van der Waals surface area (Å²) in [5.41, 5.74) is 7.41. The van der Waals surface area contributed by atoms with Crippen molar-refractivity contribution in [2.24, 2.45) is 17.6 Å². The van der Waals surface area contributed by atoms with Gasteiger partial charge in [0, 0.05) is 34.7 Å². The van der Waals surface area contributed by atoms with Crippen LogP contribution in [-0.2, 0) is 11.2 Å². The van der Waals surface area contributed by atoms with Gasteiger partial charge in [0.2, 0.25) is 0 Å². The number of halogens is 1. The zero-order chi connectivity index (χ0) is 13.3. The number of pyridine rings is 1. The van der Waals surface area contributed by atoms with Crippen molar-refractivity contribution < 1.29 is 4.74 Å². The minimum atomic E-state index is 0.105. The number of hydrogen-bond donors (Lipinski definition) is 1. The molecule has 0 spiro atoms. The summed E-state index contributed by atoms with van der Waals surface area (Å²) in [6.07, 6.45) is 3.17. The van der Waals surface area contributed by atoms with E-state index in [-0.39, 0.29) is 12.1 Å². The van der Waals surface area contributed by atoms with E-state index in [0.717, 1.165) is 16.6 Å². The van der Waals surface area contributed by atoms with Crippen molar-refractivity contribution in [3.63, 3.8) is 0 Å². The Hall–Kier alpha value is -0.450. The monoisotopic (exact) mass is 312 g/mol. The molecule has 0 bridgehead atoms. The molecule has 18 heavy (non-hydrogen) atoms. The molecule has 0 amide bonds. The maximum atomic E-state index is 6.36. The van der Waals surface area contributed by atoms with E-state index in [1.54, 1.807) is 0 Å². The van der Waals surface area contributed by atoms with Crippen LogP contribution in [0.5, 0.6) is 0 Å². The maximum Gasteiger partial charge on any atom is 0.0597 e. The van der Waals surface area contributed by atoms with Crippen molar-refractivity contribution in [1.29, 1.82) is 0 Å². The van der Waals surface area contributed by atoms with Gasteiger partial charge in [-0.15, -0.1) is 0 Å². The Bertz CT molecular complexity index is 395. The van der Waals surface area contributed by atoms with Crippen molar-refractivity contribution >= 4 is 15.9 Å².